The summed E-state index contributed by atoms with van der Waals surface area (Å²) in [6.07, 6.45) is 2.41. The Balaban J connectivity index is 2.00. The molecule has 1 aliphatic heterocycles. The van der Waals surface area contributed by atoms with Crippen LogP contribution in [0.1, 0.15) is 19.8 Å². The third-order valence-corrected chi connectivity index (χ3v) is 3.32. The Morgan fingerprint density at radius 2 is 2.35 bits per heavy atom. The maximum atomic E-state index is 9.43. The molecule has 1 aliphatic rings. The maximum Gasteiger partial charge on any atom is 0.0803 e. The first kappa shape index (κ1) is 12.7. The standard InChI is InChI=1S/C13H18ClNO2/c1-9-5-6-13(17-9)12(8-16)15-11-4-2-3-10(14)7-11/h2-4,7,9,12-13,15-16H,5-6,8H2,1H3. The molecule has 0 aliphatic carbocycles. The van der Waals surface area contributed by atoms with Crippen LogP contribution >= 0.6 is 11.6 Å². The van der Waals surface area contributed by atoms with Crippen molar-refractivity contribution in [3.05, 3.63) is 29.3 Å². The van der Waals surface area contributed by atoms with Crippen molar-refractivity contribution in [1.82, 2.24) is 0 Å². The Morgan fingerprint density at radius 3 is 2.94 bits per heavy atom. The minimum atomic E-state index is -0.0709. The number of nitrogens with one attached hydrogen (secondary N) is 1. The van der Waals surface area contributed by atoms with Gasteiger partial charge in [-0.1, -0.05) is 17.7 Å². The number of ether oxygens (including phenoxy) is 1. The molecule has 17 heavy (non-hydrogen) atoms. The molecule has 0 amide bonds. The molecule has 1 aromatic carbocycles. The Morgan fingerprint density at radius 1 is 1.53 bits per heavy atom. The van der Waals surface area contributed by atoms with Gasteiger partial charge in [0.25, 0.3) is 0 Å². The highest BCUT2D eigenvalue weighted by atomic mass is 35.5. The van der Waals surface area contributed by atoms with Crippen LogP contribution in [0.5, 0.6) is 0 Å². The Bertz CT molecular complexity index is 372. The van der Waals surface area contributed by atoms with Gasteiger partial charge in [-0.05, 0) is 38.0 Å². The summed E-state index contributed by atoms with van der Waals surface area (Å²) in [6, 6.07) is 7.43. The van der Waals surface area contributed by atoms with Crippen molar-refractivity contribution in [2.75, 3.05) is 11.9 Å². The smallest absolute Gasteiger partial charge is 0.0803 e. The lowest BCUT2D eigenvalue weighted by molar-refractivity contribution is 0.0324. The fourth-order valence-corrected chi connectivity index (χ4v) is 2.37. The van der Waals surface area contributed by atoms with Crippen molar-refractivity contribution >= 4 is 17.3 Å². The summed E-state index contributed by atoms with van der Waals surface area (Å²) in [6.45, 7) is 2.12. The fraction of sp³-hybridized carbons (Fsp3) is 0.538. The number of anilines is 1. The first-order valence-electron chi connectivity index (χ1n) is 5.97. The van der Waals surface area contributed by atoms with Crippen LogP contribution in [-0.2, 0) is 4.74 Å². The van der Waals surface area contributed by atoms with Crippen molar-refractivity contribution in [2.24, 2.45) is 0 Å². The van der Waals surface area contributed by atoms with Gasteiger partial charge in [0.1, 0.15) is 0 Å². The molecule has 0 aromatic heterocycles. The van der Waals surface area contributed by atoms with E-state index < -0.39 is 0 Å². The molecule has 1 saturated heterocycles. The second-order valence-electron chi connectivity index (χ2n) is 4.51. The van der Waals surface area contributed by atoms with E-state index in [1.165, 1.54) is 0 Å². The minimum Gasteiger partial charge on any atom is -0.394 e. The summed E-state index contributed by atoms with van der Waals surface area (Å²) in [5.74, 6) is 0. The Hall–Kier alpha value is -0.770. The molecule has 0 spiro atoms. The molecule has 0 radical (unpaired) electrons. The molecular formula is C13H18ClNO2. The molecule has 0 saturated carbocycles. The van der Waals surface area contributed by atoms with E-state index in [0.717, 1.165) is 18.5 Å². The van der Waals surface area contributed by atoms with Crippen molar-refractivity contribution in [2.45, 2.75) is 38.0 Å². The van der Waals surface area contributed by atoms with E-state index in [2.05, 4.69) is 12.2 Å². The lowest BCUT2D eigenvalue weighted by Gasteiger charge is -2.24. The highest BCUT2D eigenvalue weighted by Gasteiger charge is 2.29. The second-order valence-corrected chi connectivity index (χ2v) is 4.94. The third kappa shape index (κ3) is 3.35. The summed E-state index contributed by atoms with van der Waals surface area (Å²) in [7, 11) is 0. The normalized spacial score (nSPS) is 25.8. The number of hydrogen-bond acceptors (Lipinski definition) is 3. The van der Waals surface area contributed by atoms with Gasteiger partial charge < -0.3 is 15.2 Å². The molecule has 1 aromatic rings. The predicted molar refractivity (Wildman–Crippen MR) is 69.5 cm³/mol. The molecule has 1 heterocycles. The van der Waals surface area contributed by atoms with E-state index in [-0.39, 0.29) is 24.9 Å². The molecular weight excluding hydrogens is 238 g/mol. The quantitative estimate of drug-likeness (QED) is 0.869. The average Bonchev–Trinajstić information content (AvgIpc) is 2.73. The number of benzene rings is 1. The van der Waals surface area contributed by atoms with E-state index in [9.17, 15) is 5.11 Å². The Labute approximate surface area is 107 Å². The predicted octanol–water partition coefficient (Wildman–Crippen LogP) is 2.68. The average molecular weight is 256 g/mol. The van der Waals surface area contributed by atoms with E-state index in [1.54, 1.807) is 0 Å². The van der Waals surface area contributed by atoms with E-state index in [4.69, 9.17) is 16.3 Å². The number of aliphatic hydroxyl groups excluding tert-OH is 1. The molecule has 3 unspecified atom stereocenters. The van der Waals surface area contributed by atoms with Gasteiger partial charge >= 0.3 is 0 Å². The van der Waals surface area contributed by atoms with Gasteiger partial charge in [0, 0.05) is 10.7 Å². The van der Waals surface area contributed by atoms with Crippen LogP contribution in [0, 0.1) is 0 Å². The lowest BCUT2D eigenvalue weighted by Crippen LogP contribution is -2.36. The summed E-state index contributed by atoms with van der Waals surface area (Å²) < 4.78 is 5.76. The van der Waals surface area contributed by atoms with Crippen LogP contribution in [0.3, 0.4) is 0 Å². The van der Waals surface area contributed by atoms with Gasteiger partial charge in [0.05, 0.1) is 24.9 Å². The van der Waals surface area contributed by atoms with E-state index >= 15 is 0 Å². The zero-order valence-electron chi connectivity index (χ0n) is 9.90. The Kier molecular flexibility index (Phi) is 4.26. The van der Waals surface area contributed by atoms with Gasteiger partial charge in [-0.3, -0.25) is 0 Å². The fourth-order valence-electron chi connectivity index (χ4n) is 2.18. The van der Waals surface area contributed by atoms with E-state index in [0.29, 0.717) is 5.02 Å². The van der Waals surface area contributed by atoms with Crippen LogP contribution in [0.2, 0.25) is 5.02 Å². The zero-order chi connectivity index (χ0) is 12.3. The summed E-state index contributed by atoms with van der Waals surface area (Å²) in [4.78, 5) is 0. The topological polar surface area (TPSA) is 41.5 Å². The number of hydrogen-bond donors (Lipinski definition) is 2. The summed E-state index contributed by atoms with van der Waals surface area (Å²) in [5.41, 5.74) is 0.916. The molecule has 1 fully saturated rings. The van der Waals surface area contributed by atoms with Gasteiger partial charge in [-0.2, -0.15) is 0 Å². The molecule has 94 valence electrons. The molecule has 3 nitrogen and oxygen atoms in total. The number of aliphatic hydroxyl groups is 1. The van der Waals surface area contributed by atoms with Gasteiger partial charge in [0.2, 0.25) is 0 Å². The monoisotopic (exact) mass is 255 g/mol. The maximum absolute atomic E-state index is 9.43. The van der Waals surface area contributed by atoms with Crippen molar-refractivity contribution in [3.63, 3.8) is 0 Å². The number of halogens is 1. The molecule has 2 N–H and O–H groups in total. The molecule has 4 heteroatoms. The van der Waals surface area contributed by atoms with Crippen molar-refractivity contribution < 1.29 is 9.84 Å². The number of rotatable bonds is 4. The van der Waals surface area contributed by atoms with Crippen LogP contribution in [-0.4, -0.2) is 30.0 Å². The molecule has 3 atom stereocenters. The van der Waals surface area contributed by atoms with Crippen molar-refractivity contribution in [3.8, 4) is 0 Å². The highest BCUT2D eigenvalue weighted by Crippen LogP contribution is 2.24. The zero-order valence-corrected chi connectivity index (χ0v) is 10.7. The van der Waals surface area contributed by atoms with Crippen LogP contribution in [0.15, 0.2) is 24.3 Å². The summed E-state index contributed by atoms with van der Waals surface area (Å²) >= 11 is 5.92. The third-order valence-electron chi connectivity index (χ3n) is 3.09. The van der Waals surface area contributed by atoms with Crippen LogP contribution in [0.4, 0.5) is 5.69 Å². The van der Waals surface area contributed by atoms with Gasteiger partial charge in [-0.25, -0.2) is 0 Å². The second kappa shape index (κ2) is 5.71. The lowest BCUT2D eigenvalue weighted by atomic mass is 10.1. The van der Waals surface area contributed by atoms with Crippen molar-refractivity contribution in [1.29, 1.82) is 0 Å². The first-order chi connectivity index (χ1) is 8.19. The first-order valence-corrected chi connectivity index (χ1v) is 6.35. The van der Waals surface area contributed by atoms with Gasteiger partial charge in [0.15, 0.2) is 0 Å². The largest absolute Gasteiger partial charge is 0.394 e. The molecule has 2 rings (SSSR count). The van der Waals surface area contributed by atoms with E-state index in [1.807, 2.05) is 24.3 Å². The van der Waals surface area contributed by atoms with Gasteiger partial charge in [-0.15, -0.1) is 0 Å². The van der Waals surface area contributed by atoms with Crippen LogP contribution < -0.4 is 5.32 Å². The molecule has 0 bridgehead atoms. The highest BCUT2D eigenvalue weighted by molar-refractivity contribution is 6.30. The van der Waals surface area contributed by atoms with Crippen LogP contribution in [0.25, 0.3) is 0 Å². The minimum absolute atomic E-state index is 0.0594. The summed E-state index contributed by atoms with van der Waals surface area (Å²) in [5, 5.41) is 13.4. The SMILES string of the molecule is CC1CCC(C(CO)Nc2cccc(Cl)c2)O1.